The molecule has 10 aromatic carbocycles. The van der Waals surface area contributed by atoms with Crippen LogP contribution in [0.5, 0.6) is 0 Å². The van der Waals surface area contributed by atoms with Gasteiger partial charge in [0.2, 0.25) is 0 Å². The second-order valence-electron chi connectivity index (χ2n) is 21.6. The topological polar surface area (TPSA) is 6.48 Å². The molecule has 12 rings (SSSR count). The lowest BCUT2D eigenvalue weighted by molar-refractivity contribution is 0.876. The van der Waals surface area contributed by atoms with Crippen molar-refractivity contribution >= 4 is 114 Å². The lowest BCUT2D eigenvalue weighted by Gasteiger charge is -2.35. The molecule has 0 spiro atoms. The van der Waals surface area contributed by atoms with E-state index < -0.39 is 16.1 Å². The third kappa shape index (κ3) is 6.50. The molecule has 4 heteroatoms. The largest absolute Gasteiger partial charge is 0.310 e. The Labute approximate surface area is 422 Å². The molecular weight excluding hydrogens is 889 g/mol. The highest BCUT2D eigenvalue weighted by molar-refractivity contribution is 7.04. The maximum atomic E-state index is 4.44. The second kappa shape index (κ2) is 16.7. The van der Waals surface area contributed by atoms with Gasteiger partial charge in [0.15, 0.2) is 0 Å². The van der Waals surface area contributed by atoms with Crippen LogP contribution in [0.2, 0.25) is 26.2 Å². The molecule has 2 aliphatic rings. The van der Waals surface area contributed by atoms with E-state index >= 15 is 0 Å². The summed E-state index contributed by atoms with van der Waals surface area (Å²) in [5.74, 6) is 0.508. The van der Waals surface area contributed by atoms with Gasteiger partial charge in [-0.15, -0.1) is 0 Å². The van der Waals surface area contributed by atoms with E-state index in [0.29, 0.717) is 0 Å². The molecule has 0 aromatic heterocycles. The van der Waals surface area contributed by atoms with E-state index in [1.807, 2.05) is 0 Å². The van der Waals surface area contributed by atoms with Crippen molar-refractivity contribution in [3.63, 3.8) is 0 Å². The maximum absolute atomic E-state index is 4.44. The normalized spacial score (nSPS) is 14.7. The van der Waals surface area contributed by atoms with Crippen molar-refractivity contribution in [2.45, 2.75) is 72.6 Å². The zero-order valence-corrected chi connectivity index (χ0v) is 44.7. The first kappa shape index (κ1) is 44.9. The number of hydrogen-bond donors (Lipinski definition) is 0. The van der Waals surface area contributed by atoms with Gasteiger partial charge in [0.05, 0.1) is 11.4 Å². The summed E-state index contributed by atoms with van der Waals surface area (Å²) in [7, 11) is -4.41. The van der Waals surface area contributed by atoms with Gasteiger partial charge in [-0.2, -0.15) is 0 Å². The summed E-state index contributed by atoms with van der Waals surface area (Å²) >= 11 is 0. The molecule has 0 aliphatic carbocycles. The van der Waals surface area contributed by atoms with Crippen LogP contribution in [-0.4, -0.2) is 16.1 Å². The van der Waals surface area contributed by atoms with Crippen LogP contribution >= 0.6 is 0 Å². The first-order valence-corrected chi connectivity index (χ1v) is 31.7. The van der Waals surface area contributed by atoms with E-state index in [9.17, 15) is 0 Å². The highest BCUT2D eigenvalue weighted by atomic mass is 28.3. The van der Waals surface area contributed by atoms with E-state index in [1.54, 1.807) is 0 Å². The summed E-state index contributed by atoms with van der Waals surface area (Å²) in [6, 6.07) is 65.0. The maximum Gasteiger partial charge on any atom is 0.116 e. The molecule has 2 nitrogen and oxygen atoms in total. The minimum atomic E-state index is -2.26. The van der Waals surface area contributed by atoms with Crippen molar-refractivity contribution in [2.75, 3.05) is 9.80 Å². The van der Waals surface area contributed by atoms with Crippen LogP contribution < -0.4 is 25.4 Å². The smallest absolute Gasteiger partial charge is 0.116 e. The highest BCUT2D eigenvalue weighted by Gasteiger charge is 2.43. The number of para-hydroxylation sites is 2. The Hall–Kier alpha value is -7.25. The summed E-state index contributed by atoms with van der Waals surface area (Å²) in [6.07, 6.45) is 6.64. The van der Waals surface area contributed by atoms with Crippen LogP contribution in [0.25, 0.3) is 59.8 Å². The molecule has 0 bridgehead atoms. The number of rotatable bonds is 10. The van der Waals surface area contributed by atoms with Gasteiger partial charge in [0.1, 0.15) is 16.1 Å². The second-order valence-corrected chi connectivity index (χ2v) is 30.1. The molecule has 0 amide bonds. The Balaban J connectivity index is 1.25. The molecule has 0 saturated carbocycles. The minimum Gasteiger partial charge on any atom is -0.310 e. The molecule has 71 heavy (non-hydrogen) atoms. The Kier molecular flexibility index (Phi) is 10.6. The average molecular weight is 951 g/mol. The molecule has 0 fully saturated rings. The van der Waals surface area contributed by atoms with Crippen molar-refractivity contribution in [3.05, 3.63) is 217 Å². The molecule has 2 aliphatic heterocycles. The van der Waals surface area contributed by atoms with Gasteiger partial charge in [-0.25, -0.2) is 0 Å². The molecule has 0 N–H and O–H groups in total. The summed E-state index contributed by atoms with van der Waals surface area (Å²) in [5, 5.41) is 16.4. The molecule has 2 heterocycles. The average Bonchev–Trinajstić information content (AvgIpc) is 3.76. The first-order chi connectivity index (χ1) is 34.4. The van der Waals surface area contributed by atoms with Crippen molar-refractivity contribution in [1.82, 2.24) is 0 Å². The molecule has 0 unspecified atom stereocenters. The summed E-state index contributed by atoms with van der Waals surface area (Å²) in [5.41, 5.74) is 15.4. The van der Waals surface area contributed by atoms with Gasteiger partial charge in [0, 0.05) is 44.3 Å². The fourth-order valence-electron chi connectivity index (χ4n) is 13.1. The van der Waals surface area contributed by atoms with Gasteiger partial charge in [0.25, 0.3) is 0 Å². The molecule has 0 atom stereocenters. The molecule has 0 saturated heterocycles. The van der Waals surface area contributed by atoms with E-state index in [-0.39, 0.29) is 11.8 Å². The Morgan fingerprint density at radius 2 is 0.944 bits per heavy atom. The lowest BCUT2D eigenvalue weighted by Crippen LogP contribution is -2.50. The molecule has 10 aromatic rings. The fourth-order valence-corrected chi connectivity index (χ4v) is 19.9. The van der Waals surface area contributed by atoms with E-state index in [4.69, 9.17) is 0 Å². The van der Waals surface area contributed by atoms with Crippen LogP contribution in [0.3, 0.4) is 0 Å². The number of nitrogens with zero attached hydrogens (tertiary/aromatic N) is 2. The number of fused-ring (bicyclic) bond motifs is 7. The monoisotopic (exact) mass is 950 g/mol. The summed E-state index contributed by atoms with van der Waals surface area (Å²) in [6.45, 7) is 26.2. The number of benzene rings is 10. The van der Waals surface area contributed by atoms with Gasteiger partial charge in [-0.3, -0.25) is 0 Å². The number of allylic oxidation sites excluding steroid dienone is 5. The van der Waals surface area contributed by atoms with Gasteiger partial charge in [-0.1, -0.05) is 200 Å². The van der Waals surface area contributed by atoms with Crippen molar-refractivity contribution in [3.8, 4) is 11.1 Å². The van der Waals surface area contributed by atoms with E-state index in [0.717, 1.165) is 5.69 Å². The molecule has 0 radical (unpaired) electrons. The van der Waals surface area contributed by atoms with Crippen molar-refractivity contribution in [2.24, 2.45) is 0 Å². The fraction of sp³-hybridized carbons (Fsp3) is 0.164. The van der Waals surface area contributed by atoms with Crippen molar-refractivity contribution < 1.29 is 0 Å². The van der Waals surface area contributed by atoms with E-state index in [2.05, 4.69) is 265 Å². The lowest BCUT2D eigenvalue weighted by atomic mass is 9.81. The van der Waals surface area contributed by atoms with Crippen LogP contribution in [0.4, 0.5) is 34.1 Å². The summed E-state index contributed by atoms with van der Waals surface area (Å²) < 4.78 is 0. The first-order valence-electron chi connectivity index (χ1n) is 25.7. The highest BCUT2D eigenvalue weighted by Crippen LogP contribution is 2.55. The zero-order valence-electron chi connectivity index (χ0n) is 42.7. The quantitative estimate of drug-likeness (QED) is 0.0766. The minimum absolute atomic E-state index is 0.248. The Bertz CT molecular complexity index is 3860. The standard InChI is InChI=1S/C67H62N2Si2/c1-11-25-46-51-33-23-36-57(66(51)70(7,8)60(46)12-2)69(45-28-17-14-18-29-45)59-40-54(42(3)4)50-38-39-53-58(41-55(43(5)6)62-48-31-19-20-32-49(48)63(59)64(50)65(53)62)68(44-26-15-13-16-27-44)56-35-24-34-52-47-30-21-22-37-61(47)71(9,10)67(52)56/h11-43H,2H2,1,3-10H3/b25-11-. The van der Waals surface area contributed by atoms with Crippen LogP contribution in [0, 0.1) is 0 Å². The third-order valence-corrected chi connectivity index (χ3v) is 23.3. The Morgan fingerprint density at radius 1 is 0.437 bits per heavy atom. The van der Waals surface area contributed by atoms with E-state index in [1.165, 1.54) is 126 Å². The summed E-state index contributed by atoms with van der Waals surface area (Å²) in [4.78, 5) is 5.27. The van der Waals surface area contributed by atoms with Gasteiger partial charge >= 0.3 is 0 Å². The molecular formula is C67H62N2Si2. The van der Waals surface area contributed by atoms with Gasteiger partial charge in [-0.05, 0) is 143 Å². The van der Waals surface area contributed by atoms with Crippen LogP contribution in [-0.2, 0) is 0 Å². The molecule has 348 valence electrons. The third-order valence-electron chi connectivity index (χ3n) is 16.1. The zero-order chi connectivity index (χ0) is 49.1. The van der Waals surface area contributed by atoms with Crippen LogP contribution in [0.15, 0.2) is 200 Å². The SMILES string of the molecule is C=CC1=C(/C=C\C)c2cccc(N(c3ccccc3)c3cc(C(C)C)c4ccc5c(N(c6ccccc6)c6cccc7c6[Si](C)(C)c6ccccc6-7)cc(C(C)C)c6c7ccccc7c3c4c56)c2[Si]1(C)C. The van der Waals surface area contributed by atoms with Gasteiger partial charge < -0.3 is 9.80 Å². The predicted molar refractivity (Wildman–Crippen MR) is 316 cm³/mol. The Morgan fingerprint density at radius 3 is 1.56 bits per heavy atom. The predicted octanol–water partition coefficient (Wildman–Crippen LogP) is 17.7. The van der Waals surface area contributed by atoms with Crippen LogP contribution in [0.1, 0.15) is 63.1 Å². The number of hydrogen-bond acceptors (Lipinski definition) is 2. The van der Waals surface area contributed by atoms with Crippen molar-refractivity contribution in [1.29, 1.82) is 0 Å². The number of anilines is 6.